The monoisotopic (exact) mass is 238 g/mol. The number of aromatic nitrogens is 2. The average Bonchev–Trinajstić information content (AvgIpc) is 2.15. The molecule has 1 aromatic heterocycles. The SMILES string of the molecule is COCC(C)(C)Nc1cc(N)nc(C(C)C)n1. The molecule has 0 bridgehead atoms. The second-order valence-electron chi connectivity index (χ2n) is 5.13. The summed E-state index contributed by atoms with van der Waals surface area (Å²) in [5, 5.41) is 3.30. The predicted molar refractivity (Wildman–Crippen MR) is 70.1 cm³/mol. The molecule has 96 valence electrons. The van der Waals surface area contributed by atoms with E-state index < -0.39 is 0 Å². The van der Waals surface area contributed by atoms with Crippen molar-refractivity contribution in [2.24, 2.45) is 0 Å². The number of nitrogens with two attached hydrogens (primary N) is 1. The lowest BCUT2D eigenvalue weighted by Crippen LogP contribution is -2.36. The molecule has 0 radical (unpaired) electrons. The number of nitrogens with one attached hydrogen (secondary N) is 1. The van der Waals surface area contributed by atoms with Gasteiger partial charge in [-0.25, -0.2) is 9.97 Å². The van der Waals surface area contributed by atoms with E-state index in [1.54, 1.807) is 13.2 Å². The van der Waals surface area contributed by atoms with E-state index in [1.807, 2.05) is 27.7 Å². The van der Waals surface area contributed by atoms with Crippen molar-refractivity contribution >= 4 is 11.6 Å². The largest absolute Gasteiger partial charge is 0.384 e. The molecule has 0 spiro atoms. The molecule has 0 aliphatic heterocycles. The highest BCUT2D eigenvalue weighted by Gasteiger charge is 2.18. The molecule has 0 aromatic carbocycles. The third-order valence-corrected chi connectivity index (χ3v) is 2.25. The fraction of sp³-hybridized carbons (Fsp3) is 0.667. The van der Waals surface area contributed by atoms with Crippen molar-refractivity contribution in [2.45, 2.75) is 39.2 Å². The van der Waals surface area contributed by atoms with E-state index in [1.165, 1.54) is 0 Å². The molecular formula is C12H22N4O. The van der Waals surface area contributed by atoms with Crippen molar-refractivity contribution in [2.75, 3.05) is 24.8 Å². The van der Waals surface area contributed by atoms with Crippen LogP contribution in [0.15, 0.2) is 6.07 Å². The molecule has 0 fully saturated rings. The average molecular weight is 238 g/mol. The first-order chi connectivity index (χ1) is 7.84. The number of hydrogen-bond acceptors (Lipinski definition) is 5. The maximum absolute atomic E-state index is 5.77. The van der Waals surface area contributed by atoms with E-state index in [2.05, 4.69) is 15.3 Å². The number of nitrogen functional groups attached to an aromatic ring is 1. The number of nitrogens with zero attached hydrogens (tertiary/aromatic N) is 2. The van der Waals surface area contributed by atoms with Gasteiger partial charge in [-0.3, -0.25) is 0 Å². The Kier molecular flexibility index (Phi) is 4.28. The van der Waals surface area contributed by atoms with Gasteiger partial charge in [-0.2, -0.15) is 0 Å². The van der Waals surface area contributed by atoms with Crippen LogP contribution < -0.4 is 11.1 Å². The van der Waals surface area contributed by atoms with Gasteiger partial charge in [0.1, 0.15) is 17.5 Å². The van der Waals surface area contributed by atoms with E-state index in [0.717, 1.165) is 11.6 Å². The van der Waals surface area contributed by atoms with Crippen LogP contribution in [-0.4, -0.2) is 29.2 Å². The van der Waals surface area contributed by atoms with Crippen molar-refractivity contribution < 1.29 is 4.74 Å². The Labute approximate surface area is 103 Å². The van der Waals surface area contributed by atoms with Crippen molar-refractivity contribution in [3.8, 4) is 0 Å². The normalized spacial score (nSPS) is 11.9. The molecular weight excluding hydrogens is 216 g/mol. The van der Waals surface area contributed by atoms with E-state index in [4.69, 9.17) is 10.5 Å². The third kappa shape index (κ3) is 4.19. The number of rotatable bonds is 5. The standard InChI is InChI=1S/C12H22N4O/c1-8(2)11-14-9(13)6-10(15-11)16-12(3,4)7-17-5/h6,8H,7H2,1-5H3,(H3,13,14,15,16). The minimum Gasteiger partial charge on any atom is -0.384 e. The van der Waals surface area contributed by atoms with E-state index in [9.17, 15) is 0 Å². The van der Waals surface area contributed by atoms with Gasteiger partial charge in [-0.1, -0.05) is 13.8 Å². The Morgan fingerprint density at radius 3 is 2.59 bits per heavy atom. The molecule has 0 amide bonds. The lowest BCUT2D eigenvalue weighted by Gasteiger charge is -2.26. The summed E-state index contributed by atoms with van der Waals surface area (Å²) in [6.07, 6.45) is 0. The minimum atomic E-state index is -0.191. The summed E-state index contributed by atoms with van der Waals surface area (Å²) in [4.78, 5) is 8.65. The summed E-state index contributed by atoms with van der Waals surface area (Å²) < 4.78 is 5.15. The van der Waals surface area contributed by atoms with Gasteiger partial charge in [0.15, 0.2) is 0 Å². The van der Waals surface area contributed by atoms with Gasteiger partial charge in [0.25, 0.3) is 0 Å². The molecule has 0 saturated carbocycles. The maximum Gasteiger partial charge on any atom is 0.135 e. The van der Waals surface area contributed by atoms with Crippen molar-refractivity contribution in [1.29, 1.82) is 0 Å². The molecule has 3 N–H and O–H groups in total. The van der Waals surface area contributed by atoms with Crippen molar-refractivity contribution in [3.05, 3.63) is 11.9 Å². The van der Waals surface area contributed by atoms with Gasteiger partial charge in [0, 0.05) is 19.1 Å². The van der Waals surface area contributed by atoms with Crippen LogP contribution in [0.4, 0.5) is 11.6 Å². The van der Waals surface area contributed by atoms with Gasteiger partial charge < -0.3 is 15.8 Å². The summed E-state index contributed by atoms with van der Waals surface area (Å²) >= 11 is 0. The van der Waals surface area contributed by atoms with Gasteiger partial charge in [0.2, 0.25) is 0 Å². The number of methoxy groups -OCH3 is 1. The van der Waals surface area contributed by atoms with Crippen molar-refractivity contribution in [3.63, 3.8) is 0 Å². The summed E-state index contributed by atoms with van der Waals surface area (Å²) in [5.41, 5.74) is 5.58. The predicted octanol–water partition coefficient (Wildman–Crippen LogP) is 2.02. The molecule has 1 rings (SSSR count). The summed E-state index contributed by atoms with van der Waals surface area (Å²) in [6.45, 7) is 8.76. The van der Waals surface area contributed by atoms with Gasteiger partial charge in [-0.05, 0) is 13.8 Å². The molecule has 0 aliphatic carbocycles. The quantitative estimate of drug-likeness (QED) is 0.821. The first kappa shape index (κ1) is 13.7. The van der Waals surface area contributed by atoms with E-state index in [0.29, 0.717) is 12.4 Å². The highest BCUT2D eigenvalue weighted by Crippen LogP contribution is 2.18. The summed E-state index contributed by atoms with van der Waals surface area (Å²) in [6, 6.07) is 1.74. The van der Waals surface area contributed by atoms with Crippen LogP contribution in [0.5, 0.6) is 0 Å². The Balaban J connectivity index is 2.91. The smallest absolute Gasteiger partial charge is 0.135 e. The van der Waals surface area contributed by atoms with Gasteiger partial charge in [-0.15, -0.1) is 0 Å². The van der Waals surface area contributed by atoms with Crippen LogP contribution in [0.25, 0.3) is 0 Å². The van der Waals surface area contributed by atoms with Gasteiger partial charge in [0.05, 0.1) is 12.1 Å². The van der Waals surface area contributed by atoms with Crippen LogP contribution in [0, 0.1) is 0 Å². The number of ether oxygens (including phenoxy) is 1. The molecule has 0 saturated heterocycles. The molecule has 0 unspecified atom stereocenters. The first-order valence-electron chi connectivity index (χ1n) is 5.75. The Bertz CT molecular complexity index is 377. The van der Waals surface area contributed by atoms with Crippen LogP contribution in [0.3, 0.4) is 0 Å². The molecule has 17 heavy (non-hydrogen) atoms. The summed E-state index contributed by atoms with van der Waals surface area (Å²) in [5.74, 6) is 2.23. The van der Waals surface area contributed by atoms with E-state index >= 15 is 0 Å². The molecule has 0 aliphatic rings. The zero-order valence-electron chi connectivity index (χ0n) is 11.2. The fourth-order valence-corrected chi connectivity index (χ4v) is 1.55. The highest BCUT2D eigenvalue weighted by molar-refractivity contribution is 5.46. The summed E-state index contributed by atoms with van der Waals surface area (Å²) in [7, 11) is 1.68. The topological polar surface area (TPSA) is 73.1 Å². The number of hydrogen-bond donors (Lipinski definition) is 2. The third-order valence-electron chi connectivity index (χ3n) is 2.25. The Hall–Kier alpha value is -1.36. The van der Waals surface area contributed by atoms with Crippen LogP contribution in [0.1, 0.15) is 39.4 Å². The lowest BCUT2D eigenvalue weighted by atomic mass is 10.1. The lowest BCUT2D eigenvalue weighted by molar-refractivity contribution is 0.158. The molecule has 5 heteroatoms. The Morgan fingerprint density at radius 2 is 2.06 bits per heavy atom. The van der Waals surface area contributed by atoms with Crippen molar-refractivity contribution in [1.82, 2.24) is 9.97 Å². The zero-order valence-corrected chi connectivity index (χ0v) is 11.2. The Morgan fingerprint density at radius 1 is 1.41 bits per heavy atom. The van der Waals surface area contributed by atoms with Crippen LogP contribution >= 0.6 is 0 Å². The fourth-order valence-electron chi connectivity index (χ4n) is 1.55. The molecule has 1 aromatic rings. The zero-order chi connectivity index (χ0) is 13.1. The number of anilines is 2. The van der Waals surface area contributed by atoms with Crippen LogP contribution in [-0.2, 0) is 4.74 Å². The molecule has 5 nitrogen and oxygen atoms in total. The molecule has 0 atom stereocenters. The highest BCUT2D eigenvalue weighted by atomic mass is 16.5. The second-order valence-corrected chi connectivity index (χ2v) is 5.13. The van der Waals surface area contributed by atoms with Gasteiger partial charge >= 0.3 is 0 Å². The maximum atomic E-state index is 5.77. The second kappa shape index (κ2) is 5.31. The molecule has 1 heterocycles. The van der Waals surface area contributed by atoms with Crippen LogP contribution in [0.2, 0.25) is 0 Å². The minimum absolute atomic E-state index is 0.191. The van der Waals surface area contributed by atoms with E-state index in [-0.39, 0.29) is 11.5 Å². The first-order valence-corrected chi connectivity index (χ1v) is 5.75.